The Kier molecular flexibility index (Phi) is 31.4. The topological polar surface area (TPSA) is 69.6 Å². The summed E-state index contributed by atoms with van der Waals surface area (Å²) in [6.07, 6.45) is 34.8. The fourth-order valence-corrected chi connectivity index (χ4v) is 5.57. The minimum Gasteiger partial charge on any atom is -0.396 e. The van der Waals surface area contributed by atoms with Crippen molar-refractivity contribution in [2.24, 2.45) is 5.92 Å². The second-order valence-corrected chi connectivity index (χ2v) is 12.3. The van der Waals surface area contributed by atoms with Crippen LogP contribution in [0.3, 0.4) is 0 Å². The normalized spacial score (nSPS) is 13.0. The number of hydrogen-bond acceptors (Lipinski definition) is 3. The lowest BCUT2D eigenvalue weighted by molar-refractivity contribution is -0.121. The first-order chi connectivity index (χ1) is 19.2. The van der Waals surface area contributed by atoms with Gasteiger partial charge in [0, 0.05) is 18.9 Å². The fraction of sp³-hybridized carbons (Fsp3) is 0.971. The maximum atomic E-state index is 12.2. The van der Waals surface area contributed by atoms with Gasteiger partial charge in [0.15, 0.2) is 0 Å². The fourth-order valence-electron chi connectivity index (χ4n) is 5.57. The number of carbonyl (C=O) groups is 1. The molecule has 2 atom stereocenters. The molecule has 0 unspecified atom stereocenters. The van der Waals surface area contributed by atoms with Gasteiger partial charge in [-0.05, 0) is 12.8 Å². The van der Waals surface area contributed by atoms with Crippen molar-refractivity contribution in [2.75, 3.05) is 13.2 Å². The number of amides is 1. The standard InChI is InChI=1S/C35H71NO3/c1-3-5-7-9-11-13-15-17-19-21-23-25-27-29-34(38)33(32-37)31-36-35(39)30-28-26-24-22-20-18-16-14-12-10-8-6-4-2/h33-34,37-38H,3-32H2,1-2H3,(H,36,39)/t33-,34+/m0/s1. The van der Waals surface area contributed by atoms with Crippen LogP contribution in [0.5, 0.6) is 0 Å². The summed E-state index contributed by atoms with van der Waals surface area (Å²) in [7, 11) is 0. The van der Waals surface area contributed by atoms with E-state index in [-0.39, 0.29) is 18.4 Å². The molecule has 0 aromatic heterocycles. The summed E-state index contributed by atoms with van der Waals surface area (Å²) < 4.78 is 0. The van der Waals surface area contributed by atoms with Crippen LogP contribution >= 0.6 is 0 Å². The average Bonchev–Trinajstić information content (AvgIpc) is 2.94. The van der Waals surface area contributed by atoms with Crippen molar-refractivity contribution in [1.82, 2.24) is 5.32 Å². The van der Waals surface area contributed by atoms with Crippen LogP contribution in [-0.2, 0) is 4.79 Å². The molecule has 0 rings (SSSR count). The Hall–Kier alpha value is -0.610. The van der Waals surface area contributed by atoms with Crippen LogP contribution in [0.1, 0.15) is 194 Å². The largest absolute Gasteiger partial charge is 0.396 e. The molecular weight excluding hydrogens is 482 g/mol. The Morgan fingerprint density at radius 1 is 0.538 bits per heavy atom. The Morgan fingerprint density at radius 3 is 1.23 bits per heavy atom. The molecule has 234 valence electrons. The van der Waals surface area contributed by atoms with Gasteiger partial charge in [-0.3, -0.25) is 4.79 Å². The van der Waals surface area contributed by atoms with Crippen molar-refractivity contribution in [1.29, 1.82) is 0 Å². The summed E-state index contributed by atoms with van der Waals surface area (Å²) in [6, 6.07) is 0. The molecule has 1 amide bonds. The third kappa shape index (κ3) is 28.7. The number of aliphatic hydroxyl groups excluding tert-OH is 2. The van der Waals surface area contributed by atoms with Gasteiger partial charge in [0.05, 0.1) is 12.7 Å². The lowest BCUT2D eigenvalue weighted by Gasteiger charge is -2.21. The van der Waals surface area contributed by atoms with E-state index in [0.29, 0.717) is 13.0 Å². The Labute approximate surface area is 244 Å². The first-order valence-corrected chi connectivity index (χ1v) is 17.7. The molecule has 0 radical (unpaired) electrons. The summed E-state index contributed by atoms with van der Waals surface area (Å²) in [6.45, 7) is 4.85. The van der Waals surface area contributed by atoms with Crippen LogP contribution in [0.25, 0.3) is 0 Å². The van der Waals surface area contributed by atoms with Crippen LogP contribution in [0.4, 0.5) is 0 Å². The molecule has 0 bridgehead atoms. The molecule has 0 saturated heterocycles. The van der Waals surface area contributed by atoms with Gasteiger partial charge >= 0.3 is 0 Å². The van der Waals surface area contributed by atoms with E-state index in [4.69, 9.17) is 0 Å². The molecule has 4 heteroatoms. The van der Waals surface area contributed by atoms with Crippen LogP contribution in [0.2, 0.25) is 0 Å². The molecular formula is C35H71NO3. The molecule has 0 aliphatic rings. The minimum atomic E-state index is -0.528. The number of aliphatic hydroxyl groups is 2. The van der Waals surface area contributed by atoms with Crippen molar-refractivity contribution >= 4 is 5.91 Å². The molecule has 39 heavy (non-hydrogen) atoms. The smallest absolute Gasteiger partial charge is 0.220 e. The van der Waals surface area contributed by atoms with E-state index in [1.54, 1.807) is 0 Å². The lowest BCUT2D eigenvalue weighted by atomic mass is 9.97. The van der Waals surface area contributed by atoms with Crippen molar-refractivity contribution in [2.45, 2.75) is 200 Å². The molecule has 0 heterocycles. The number of hydrogen-bond donors (Lipinski definition) is 3. The first kappa shape index (κ1) is 38.4. The minimum absolute atomic E-state index is 0.0599. The molecule has 4 nitrogen and oxygen atoms in total. The van der Waals surface area contributed by atoms with E-state index >= 15 is 0 Å². The molecule has 0 saturated carbocycles. The van der Waals surface area contributed by atoms with Gasteiger partial charge in [0.2, 0.25) is 5.91 Å². The monoisotopic (exact) mass is 554 g/mol. The van der Waals surface area contributed by atoms with E-state index in [2.05, 4.69) is 19.2 Å². The average molecular weight is 554 g/mol. The van der Waals surface area contributed by atoms with Crippen LogP contribution in [0.15, 0.2) is 0 Å². The zero-order chi connectivity index (χ0) is 28.7. The lowest BCUT2D eigenvalue weighted by Crippen LogP contribution is -2.36. The van der Waals surface area contributed by atoms with E-state index < -0.39 is 6.10 Å². The van der Waals surface area contributed by atoms with Crippen molar-refractivity contribution < 1.29 is 15.0 Å². The molecule has 0 aliphatic heterocycles. The highest BCUT2D eigenvalue weighted by atomic mass is 16.3. The van der Waals surface area contributed by atoms with Gasteiger partial charge in [-0.1, -0.05) is 174 Å². The van der Waals surface area contributed by atoms with E-state index in [1.807, 2.05) is 0 Å². The Morgan fingerprint density at radius 2 is 0.872 bits per heavy atom. The van der Waals surface area contributed by atoms with Gasteiger partial charge in [0.1, 0.15) is 0 Å². The maximum Gasteiger partial charge on any atom is 0.220 e. The molecule has 0 spiro atoms. The highest BCUT2D eigenvalue weighted by molar-refractivity contribution is 5.75. The van der Waals surface area contributed by atoms with Gasteiger partial charge in [0.25, 0.3) is 0 Å². The molecule has 0 fully saturated rings. The predicted molar refractivity (Wildman–Crippen MR) is 170 cm³/mol. The van der Waals surface area contributed by atoms with Crippen molar-refractivity contribution in [3.63, 3.8) is 0 Å². The van der Waals surface area contributed by atoms with Crippen LogP contribution in [-0.4, -0.2) is 35.4 Å². The quantitative estimate of drug-likeness (QED) is 0.0726. The third-order valence-corrected chi connectivity index (χ3v) is 8.45. The summed E-state index contributed by atoms with van der Waals surface area (Å²) in [4.78, 5) is 12.2. The first-order valence-electron chi connectivity index (χ1n) is 17.7. The van der Waals surface area contributed by atoms with Gasteiger partial charge in [-0.25, -0.2) is 0 Å². The second kappa shape index (κ2) is 31.9. The zero-order valence-corrected chi connectivity index (χ0v) is 26.7. The van der Waals surface area contributed by atoms with E-state index in [1.165, 1.54) is 141 Å². The van der Waals surface area contributed by atoms with Gasteiger partial charge in [-0.2, -0.15) is 0 Å². The summed E-state index contributed by atoms with van der Waals surface area (Å²) in [5.74, 6) is -0.192. The summed E-state index contributed by atoms with van der Waals surface area (Å²) >= 11 is 0. The molecule has 0 aromatic rings. The number of carbonyl (C=O) groups excluding carboxylic acids is 1. The second-order valence-electron chi connectivity index (χ2n) is 12.3. The highest BCUT2D eigenvalue weighted by Crippen LogP contribution is 2.16. The van der Waals surface area contributed by atoms with Crippen molar-refractivity contribution in [3.8, 4) is 0 Å². The van der Waals surface area contributed by atoms with Gasteiger partial charge in [-0.15, -0.1) is 0 Å². The molecule has 0 aliphatic carbocycles. The Bertz CT molecular complexity index is 485. The number of rotatable bonds is 32. The predicted octanol–water partition coefficient (Wildman–Crippen LogP) is 10.0. The summed E-state index contributed by atoms with van der Waals surface area (Å²) in [5, 5.41) is 23.1. The highest BCUT2D eigenvalue weighted by Gasteiger charge is 2.18. The molecule has 0 aromatic carbocycles. The number of nitrogens with one attached hydrogen (secondary N) is 1. The van der Waals surface area contributed by atoms with E-state index in [9.17, 15) is 15.0 Å². The third-order valence-electron chi connectivity index (χ3n) is 8.45. The molecule has 3 N–H and O–H groups in total. The van der Waals surface area contributed by atoms with Crippen LogP contribution in [0, 0.1) is 5.92 Å². The SMILES string of the molecule is CCCCCCCCCCCCCCCC(=O)NC[C@@H](CO)[C@H](O)CCCCCCCCCCCCCCC. The van der Waals surface area contributed by atoms with Crippen molar-refractivity contribution in [3.05, 3.63) is 0 Å². The van der Waals surface area contributed by atoms with Gasteiger partial charge < -0.3 is 15.5 Å². The van der Waals surface area contributed by atoms with E-state index in [0.717, 1.165) is 32.1 Å². The zero-order valence-electron chi connectivity index (χ0n) is 26.7. The maximum absolute atomic E-state index is 12.2. The Balaban J connectivity index is 3.53. The number of unbranched alkanes of at least 4 members (excludes halogenated alkanes) is 24. The van der Waals surface area contributed by atoms with Crippen LogP contribution < -0.4 is 5.32 Å². The summed E-state index contributed by atoms with van der Waals surface area (Å²) in [5.41, 5.74) is 0.